The van der Waals surface area contributed by atoms with E-state index in [9.17, 15) is 24.7 Å². The van der Waals surface area contributed by atoms with Gasteiger partial charge in [-0.1, -0.05) is 0 Å². The molecule has 1 fully saturated rings. The Bertz CT molecular complexity index is 1100. The number of hydrogen-bond acceptors (Lipinski definition) is 8. The van der Waals surface area contributed by atoms with E-state index in [1.807, 2.05) is 19.0 Å². The van der Waals surface area contributed by atoms with Gasteiger partial charge in [-0.3, -0.25) is 20.2 Å². The first kappa shape index (κ1) is 24.8. The molecule has 4 amide bonds. The number of phenols is 1. The van der Waals surface area contributed by atoms with Crippen LogP contribution in [0.3, 0.4) is 0 Å². The van der Waals surface area contributed by atoms with Crippen LogP contribution in [0.5, 0.6) is 17.2 Å². The molecule has 12 nitrogen and oxygen atoms in total. The van der Waals surface area contributed by atoms with Gasteiger partial charge in [0.15, 0.2) is 11.5 Å². The molecule has 1 atom stereocenters. The molecule has 34 heavy (non-hydrogen) atoms. The van der Waals surface area contributed by atoms with Crippen LogP contribution < -0.4 is 24.8 Å². The zero-order valence-electron chi connectivity index (χ0n) is 20.0. The van der Waals surface area contributed by atoms with Crippen molar-refractivity contribution in [2.24, 2.45) is 5.92 Å². The molecule has 3 N–H and O–H groups in total. The van der Waals surface area contributed by atoms with Crippen molar-refractivity contribution >= 4 is 17.8 Å². The van der Waals surface area contributed by atoms with Crippen LogP contribution in [0.1, 0.15) is 28.7 Å². The van der Waals surface area contributed by atoms with E-state index in [1.54, 1.807) is 18.4 Å². The van der Waals surface area contributed by atoms with E-state index in [1.165, 1.54) is 26.4 Å². The molecule has 0 unspecified atom stereocenters. The van der Waals surface area contributed by atoms with Crippen LogP contribution in [0.2, 0.25) is 0 Å². The van der Waals surface area contributed by atoms with Gasteiger partial charge >= 0.3 is 6.03 Å². The number of urea groups is 1. The van der Waals surface area contributed by atoms with Crippen LogP contribution in [0.4, 0.5) is 4.79 Å². The Morgan fingerprint density at radius 2 is 1.65 bits per heavy atom. The number of imide groups is 2. The second kappa shape index (κ2) is 9.59. The maximum absolute atomic E-state index is 13.4. The van der Waals surface area contributed by atoms with E-state index >= 15 is 0 Å². The lowest BCUT2D eigenvalue weighted by Crippen LogP contribution is -2.58. The molecule has 12 heteroatoms. The molecule has 0 saturated carbocycles. The highest BCUT2D eigenvalue weighted by Crippen LogP contribution is 2.43. The molecule has 0 bridgehead atoms. The van der Waals surface area contributed by atoms with Gasteiger partial charge in [-0.15, -0.1) is 0 Å². The lowest BCUT2D eigenvalue weighted by atomic mass is 9.82. The number of nitrogens with one attached hydrogen (secondary N) is 2. The number of phenolic OH excluding ortho intramolecular Hbond substituents is 1. The number of methoxy groups -OCH3 is 2. The number of benzene rings is 1. The minimum absolute atomic E-state index is 0.0318. The van der Waals surface area contributed by atoms with Crippen molar-refractivity contribution < 1.29 is 33.7 Å². The van der Waals surface area contributed by atoms with Crippen molar-refractivity contribution in [3.8, 4) is 17.2 Å². The lowest BCUT2D eigenvalue weighted by molar-refractivity contribution is -0.621. The molecular formula is C22H29N5O7. The summed E-state index contributed by atoms with van der Waals surface area (Å²) in [5.41, 5.74) is 1.38. The average Bonchev–Trinajstić information content (AvgIpc) is 2.98. The van der Waals surface area contributed by atoms with Crippen molar-refractivity contribution in [3.63, 3.8) is 0 Å². The molecule has 1 saturated heterocycles. The van der Waals surface area contributed by atoms with Crippen LogP contribution in [-0.4, -0.2) is 67.3 Å². The maximum Gasteiger partial charge on any atom is 0.328 e. The SMILES string of the molecule is COc1cc([C@H](c2n(CCN(C)C)c(C)c(C)[n+]2[O-])C2C(=O)NC(=O)NC2=O)cc(OC)c1O. The molecule has 0 spiro atoms. The van der Waals surface area contributed by atoms with E-state index in [-0.39, 0.29) is 23.1 Å². The lowest BCUT2D eigenvalue weighted by Gasteiger charge is -2.28. The quantitative estimate of drug-likeness (QED) is 0.277. The van der Waals surface area contributed by atoms with Gasteiger partial charge in [0.2, 0.25) is 17.6 Å². The van der Waals surface area contributed by atoms with Crippen LogP contribution in [0, 0.1) is 25.0 Å². The van der Waals surface area contributed by atoms with Crippen LogP contribution >= 0.6 is 0 Å². The van der Waals surface area contributed by atoms with Crippen molar-refractivity contribution in [2.45, 2.75) is 26.3 Å². The van der Waals surface area contributed by atoms with E-state index in [2.05, 4.69) is 10.6 Å². The molecule has 2 heterocycles. The third-order valence-electron chi connectivity index (χ3n) is 6.00. The Balaban J connectivity index is 2.33. The van der Waals surface area contributed by atoms with Gasteiger partial charge in [0.25, 0.3) is 5.82 Å². The first-order chi connectivity index (χ1) is 16.0. The first-order valence-electron chi connectivity index (χ1n) is 10.6. The second-order valence-electron chi connectivity index (χ2n) is 8.32. The van der Waals surface area contributed by atoms with Crippen LogP contribution in [0.25, 0.3) is 0 Å². The standard InChI is InChI=1S/C22H29N5O7/c1-11-12(2)27(32)21(26(11)8-7-25(3)4)16(17-19(29)23-22(31)24-20(17)30)13-9-14(33-5)18(28)15(10-13)34-6/h9-10,16-17,28H,7-8H2,1-6H3,(H2,23,24,29,30,31)/t16-/m0/s1. The Morgan fingerprint density at radius 3 is 2.12 bits per heavy atom. The number of imidazole rings is 1. The summed E-state index contributed by atoms with van der Waals surface area (Å²) in [7, 11) is 6.45. The minimum atomic E-state index is -1.45. The van der Waals surface area contributed by atoms with Gasteiger partial charge < -0.3 is 24.7 Å². The Labute approximate surface area is 196 Å². The van der Waals surface area contributed by atoms with Crippen molar-refractivity contribution in [1.29, 1.82) is 0 Å². The highest BCUT2D eigenvalue weighted by Gasteiger charge is 2.47. The molecule has 1 aliphatic heterocycles. The summed E-state index contributed by atoms with van der Waals surface area (Å²) in [6, 6.07) is 1.94. The minimum Gasteiger partial charge on any atom is -0.711 e. The number of barbiturate groups is 1. The smallest absolute Gasteiger partial charge is 0.328 e. The van der Waals surface area contributed by atoms with E-state index in [4.69, 9.17) is 9.47 Å². The summed E-state index contributed by atoms with van der Waals surface area (Å²) in [6.07, 6.45) is 0. The van der Waals surface area contributed by atoms with E-state index in [0.29, 0.717) is 34.8 Å². The largest absolute Gasteiger partial charge is 0.711 e. The fraction of sp³-hybridized carbons (Fsp3) is 0.455. The average molecular weight is 476 g/mol. The predicted molar refractivity (Wildman–Crippen MR) is 120 cm³/mol. The number of carbonyl (C=O) groups is 3. The van der Waals surface area contributed by atoms with Crippen molar-refractivity contribution in [1.82, 2.24) is 20.1 Å². The normalized spacial score (nSPS) is 15.3. The molecule has 3 rings (SSSR count). The molecule has 1 aromatic heterocycles. The monoisotopic (exact) mass is 475 g/mol. The fourth-order valence-electron chi connectivity index (χ4n) is 4.09. The fourth-order valence-corrected chi connectivity index (χ4v) is 4.09. The number of likely N-dealkylation sites (N-methyl/N-ethyl adjacent to an activating group) is 1. The van der Waals surface area contributed by atoms with Gasteiger partial charge in [0, 0.05) is 20.4 Å². The number of aromatic hydroxyl groups is 1. The number of amides is 4. The van der Waals surface area contributed by atoms with E-state index < -0.39 is 29.7 Å². The van der Waals surface area contributed by atoms with E-state index in [0.717, 1.165) is 0 Å². The Morgan fingerprint density at radius 1 is 1.12 bits per heavy atom. The molecule has 0 radical (unpaired) electrons. The highest BCUT2D eigenvalue weighted by molar-refractivity contribution is 6.16. The number of aromatic nitrogens is 2. The number of hydrogen-bond donors (Lipinski definition) is 3. The zero-order chi connectivity index (χ0) is 25.3. The Hall–Kier alpha value is -3.80. The predicted octanol–water partition coefficient (Wildman–Crippen LogP) is 0.137. The third kappa shape index (κ3) is 4.36. The third-order valence-corrected chi connectivity index (χ3v) is 6.00. The van der Waals surface area contributed by atoms with Crippen molar-refractivity contribution in [2.75, 3.05) is 34.9 Å². The van der Waals surface area contributed by atoms with Gasteiger partial charge in [-0.2, -0.15) is 0 Å². The summed E-state index contributed by atoms with van der Waals surface area (Å²) in [4.78, 5) is 39.5. The summed E-state index contributed by atoms with van der Waals surface area (Å²) in [5, 5.41) is 28.0. The second-order valence-corrected chi connectivity index (χ2v) is 8.32. The topological polar surface area (TPSA) is 149 Å². The van der Waals surface area contributed by atoms with Gasteiger partial charge in [-0.05, 0) is 31.8 Å². The van der Waals surface area contributed by atoms with Crippen LogP contribution in [-0.2, 0) is 16.1 Å². The molecule has 2 aromatic rings. The van der Waals surface area contributed by atoms with Crippen molar-refractivity contribution in [3.05, 3.63) is 40.1 Å². The molecule has 184 valence electrons. The highest BCUT2D eigenvalue weighted by atomic mass is 16.5. The Kier molecular flexibility index (Phi) is 7.01. The maximum atomic E-state index is 13.4. The first-order valence-corrected chi connectivity index (χ1v) is 10.6. The summed E-state index contributed by atoms with van der Waals surface area (Å²) in [5.74, 6) is -4.36. The summed E-state index contributed by atoms with van der Waals surface area (Å²) < 4.78 is 13.0. The molecular weight excluding hydrogens is 446 g/mol. The number of nitrogens with zero attached hydrogens (tertiary/aromatic N) is 3. The van der Waals surface area contributed by atoms with Gasteiger partial charge in [0.05, 0.1) is 14.2 Å². The summed E-state index contributed by atoms with van der Waals surface area (Å²) >= 11 is 0. The number of carbonyl (C=O) groups excluding carboxylic acids is 3. The molecule has 1 aliphatic rings. The zero-order valence-corrected chi connectivity index (χ0v) is 20.0. The van der Waals surface area contributed by atoms with Crippen LogP contribution in [0.15, 0.2) is 12.1 Å². The number of ether oxygens (including phenoxy) is 2. The molecule has 1 aromatic carbocycles. The van der Waals surface area contributed by atoms with Gasteiger partial charge in [-0.25, -0.2) is 14.1 Å². The summed E-state index contributed by atoms with van der Waals surface area (Å²) in [6.45, 7) is 4.42. The molecule has 0 aliphatic carbocycles. The van der Waals surface area contributed by atoms with Gasteiger partial charge in [0.1, 0.15) is 29.8 Å². The number of rotatable bonds is 8.